The van der Waals surface area contributed by atoms with Gasteiger partial charge in [0.1, 0.15) is 5.82 Å². The molecule has 0 bridgehead atoms. The minimum atomic E-state index is -0.132. The van der Waals surface area contributed by atoms with Crippen molar-refractivity contribution in [2.24, 2.45) is 5.73 Å². The summed E-state index contributed by atoms with van der Waals surface area (Å²) in [5.41, 5.74) is 7.09. The first-order chi connectivity index (χ1) is 8.04. The lowest BCUT2D eigenvalue weighted by Gasteiger charge is -2.17. The summed E-state index contributed by atoms with van der Waals surface area (Å²) >= 11 is 0. The van der Waals surface area contributed by atoms with Crippen LogP contribution in [0.4, 0.5) is 0 Å². The molecule has 1 fully saturated rings. The Labute approximate surface area is 104 Å². The van der Waals surface area contributed by atoms with E-state index in [1.165, 1.54) is 31.4 Å². The minimum Gasteiger partial charge on any atom is -0.326 e. The Kier molecular flexibility index (Phi) is 3.77. The maximum absolute atomic E-state index is 5.99. The number of rotatable bonds is 4. The van der Waals surface area contributed by atoms with Crippen LogP contribution in [0.2, 0.25) is 0 Å². The molecule has 0 atom stereocenters. The SMILES string of the molecule is CC(C)(N)CCc1nccc(C2CCCC2)n1. The fourth-order valence-electron chi connectivity index (χ4n) is 2.42. The highest BCUT2D eigenvalue weighted by Gasteiger charge is 2.19. The highest BCUT2D eigenvalue weighted by atomic mass is 14.9. The van der Waals surface area contributed by atoms with E-state index in [9.17, 15) is 0 Å². The highest BCUT2D eigenvalue weighted by molar-refractivity contribution is 5.10. The molecule has 2 rings (SSSR count). The van der Waals surface area contributed by atoms with Gasteiger partial charge in [0, 0.05) is 29.8 Å². The summed E-state index contributed by atoms with van der Waals surface area (Å²) in [6.07, 6.45) is 8.99. The highest BCUT2D eigenvalue weighted by Crippen LogP contribution is 2.32. The quantitative estimate of drug-likeness (QED) is 0.870. The molecule has 94 valence electrons. The molecule has 1 aliphatic carbocycles. The second-order valence-corrected chi connectivity index (χ2v) is 5.87. The topological polar surface area (TPSA) is 51.8 Å². The van der Waals surface area contributed by atoms with Gasteiger partial charge in [-0.3, -0.25) is 0 Å². The molecule has 17 heavy (non-hydrogen) atoms. The van der Waals surface area contributed by atoms with Gasteiger partial charge in [-0.1, -0.05) is 12.8 Å². The summed E-state index contributed by atoms with van der Waals surface area (Å²) in [5, 5.41) is 0. The first kappa shape index (κ1) is 12.5. The van der Waals surface area contributed by atoms with E-state index < -0.39 is 0 Å². The molecular formula is C14H23N3. The monoisotopic (exact) mass is 233 g/mol. The van der Waals surface area contributed by atoms with Crippen molar-refractivity contribution in [3.05, 3.63) is 23.8 Å². The van der Waals surface area contributed by atoms with Crippen LogP contribution in [0.25, 0.3) is 0 Å². The van der Waals surface area contributed by atoms with Gasteiger partial charge in [0.25, 0.3) is 0 Å². The van der Waals surface area contributed by atoms with Gasteiger partial charge in [-0.15, -0.1) is 0 Å². The van der Waals surface area contributed by atoms with Gasteiger partial charge >= 0.3 is 0 Å². The Bertz CT molecular complexity index is 362. The fourth-order valence-corrected chi connectivity index (χ4v) is 2.42. The molecule has 1 aromatic rings. The average Bonchev–Trinajstić information content (AvgIpc) is 2.79. The van der Waals surface area contributed by atoms with E-state index in [2.05, 4.69) is 11.1 Å². The third-order valence-electron chi connectivity index (χ3n) is 3.49. The van der Waals surface area contributed by atoms with E-state index in [0.717, 1.165) is 18.7 Å². The van der Waals surface area contributed by atoms with Crippen molar-refractivity contribution in [3.63, 3.8) is 0 Å². The van der Waals surface area contributed by atoms with Crippen molar-refractivity contribution in [3.8, 4) is 0 Å². The van der Waals surface area contributed by atoms with E-state index in [-0.39, 0.29) is 5.54 Å². The summed E-state index contributed by atoms with van der Waals surface area (Å²) in [6.45, 7) is 4.10. The molecule has 2 N–H and O–H groups in total. The Hall–Kier alpha value is -0.960. The van der Waals surface area contributed by atoms with Crippen LogP contribution in [-0.4, -0.2) is 15.5 Å². The molecule has 3 heteroatoms. The number of hydrogen-bond donors (Lipinski definition) is 1. The lowest BCUT2D eigenvalue weighted by atomic mass is 9.99. The molecule has 1 heterocycles. The van der Waals surface area contributed by atoms with Crippen molar-refractivity contribution in [2.75, 3.05) is 0 Å². The molecule has 0 saturated heterocycles. The zero-order chi connectivity index (χ0) is 12.3. The van der Waals surface area contributed by atoms with Crippen LogP contribution in [0.15, 0.2) is 12.3 Å². The fraction of sp³-hybridized carbons (Fsp3) is 0.714. The van der Waals surface area contributed by atoms with Gasteiger partial charge in [-0.2, -0.15) is 0 Å². The van der Waals surface area contributed by atoms with Crippen molar-refractivity contribution in [2.45, 2.75) is 63.8 Å². The molecule has 0 aliphatic heterocycles. The van der Waals surface area contributed by atoms with Crippen LogP contribution >= 0.6 is 0 Å². The van der Waals surface area contributed by atoms with E-state index >= 15 is 0 Å². The summed E-state index contributed by atoms with van der Waals surface area (Å²) in [7, 11) is 0. The minimum absolute atomic E-state index is 0.132. The van der Waals surface area contributed by atoms with E-state index in [4.69, 9.17) is 10.7 Å². The van der Waals surface area contributed by atoms with E-state index in [1.54, 1.807) is 0 Å². The van der Waals surface area contributed by atoms with Crippen molar-refractivity contribution < 1.29 is 0 Å². The van der Waals surface area contributed by atoms with Crippen LogP contribution < -0.4 is 5.73 Å². The van der Waals surface area contributed by atoms with Crippen molar-refractivity contribution in [1.82, 2.24) is 9.97 Å². The third kappa shape index (κ3) is 3.77. The number of hydrogen-bond acceptors (Lipinski definition) is 3. The molecule has 0 spiro atoms. The number of nitrogens with two attached hydrogens (primary N) is 1. The van der Waals surface area contributed by atoms with Gasteiger partial charge < -0.3 is 5.73 Å². The maximum atomic E-state index is 5.99. The number of aryl methyl sites for hydroxylation is 1. The Morgan fingerprint density at radius 3 is 2.71 bits per heavy atom. The molecule has 3 nitrogen and oxygen atoms in total. The first-order valence-electron chi connectivity index (χ1n) is 6.65. The molecule has 0 radical (unpaired) electrons. The normalized spacial score (nSPS) is 17.6. The number of aromatic nitrogens is 2. The molecule has 0 unspecified atom stereocenters. The number of nitrogens with zero attached hydrogens (tertiary/aromatic N) is 2. The maximum Gasteiger partial charge on any atom is 0.128 e. The molecule has 1 aromatic heterocycles. The second-order valence-electron chi connectivity index (χ2n) is 5.87. The average molecular weight is 233 g/mol. The van der Waals surface area contributed by atoms with Crippen LogP contribution in [-0.2, 0) is 6.42 Å². The predicted octanol–water partition coefficient (Wildman–Crippen LogP) is 2.80. The van der Waals surface area contributed by atoms with Gasteiger partial charge in [0.2, 0.25) is 0 Å². The molecule has 1 aliphatic rings. The summed E-state index contributed by atoms with van der Waals surface area (Å²) in [6, 6.07) is 2.08. The van der Waals surface area contributed by atoms with E-state index in [1.807, 2.05) is 20.0 Å². The Morgan fingerprint density at radius 2 is 2.06 bits per heavy atom. The lowest BCUT2D eigenvalue weighted by molar-refractivity contribution is 0.470. The summed E-state index contributed by atoms with van der Waals surface area (Å²) in [4.78, 5) is 9.04. The van der Waals surface area contributed by atoms with Crippen LogP contribution in [0.3, 0.4) is 0 Å². The van der Waals surface area contributed by atoms with Gasteiger partial charge in [0.05, 0.1) is 0 Å². The smallest absolute Gasteiger partial charge is 0.128 e. The standard InChI is InChI=1S/C14H23N3/c1-14(2,15)9-7-13-16-10-8-12(17-13)11-5-3-4-6-11/h8,10-11H,3-7,9,15H2,1-2H3. The Morgan fingerprint density at radius 1 is 1.35 bits per heavy atom. The third-order valence-corrected chi connectivity index (χ3v) is 3.49. The zero-order valence-electron chi connectivity index (χ0n) is 10.9. The van der Waals surface area contributed by atoms with Gasteiger partial charge in [0.15, 0.2) is 0 Å². The second kappa shape index (κ2) is 5.13. The molecule has 0 aromatic carbocycles. The first-order valence-corrected chi connectivity index (χ1v) is 6.65. The largest absolute Gasteiger partial charge is 0.326 e. The van der Waals surface area contributed by atoms with Crippen molar-refractivity contribution in [1.29, 1.82) is 0 Å². The Balaban J connectivity index is 2.01. The molecular weight excluding hydrogens is 210 g/mol. The van der Waals surface area contributed by atoms with Crippen LogP contribution in [0.1, 0.15) is 63.4 Å². The molecule has 0 amide bonds. The molecule has 1 saturated carbocycles. The van der Waals surface area contributed by atoms with Gasteiger partial charge in [-0.05, 0) is 39.2 Å². The van der Waals surface area contributed by atoms with Crippen LogP contribution in [0.5, 0.6) is 0 Å². The van der Waals surface area contributed by atoms with Crippen LogP contribution in [0, 0.1) is 0 Å². The van der Waals surface area contributed by atoms with Gasteiger partial charge in [-0.25, -0.2) is 9.97 Å². The summed E-state index contributed by atoms with van der Waals surface area (Å²) < 4.78 is 0. The predicted molar refractivity (Wildman–Crippen MR) is 69.8 cm³/mol. The summed E-state index contributed by atoms with van der Waals surface area (Å²) in [5.74, 6) is 1.62. The zero-order valence-corrected chi connectivity index (χ0v) is 10.9. The lowest BCUT2D eigenvalue weighted by Crippen LogP contribution is -2.32. The van der Waals surface area contributed by atoms with Crippen molar-refractivity contribution >= 4 is 0 Å². The van der Waals surface area contributed by atoms with E-state index in [0.29, 0.717) is 5.92 Å².